The van der Waals surface area contributed by atoms with Crippen LogP contribution in [-0.4, -0.2) is 29.5 Å². The van der Waals surface area contributed by atoms with E-state index < -0.39 is 27.1 Å². The summed E-state index contributed by atoms with van der Waals surface area (Å²) in [5, 5.41) is 3.54. The Morgan fingerprint density at radius 2 is 2.07 bits per heavy atom. The van der Waals surface area contributed by atoms with Crippen LogP contribution in [0.1, 0.15) is 27.4 Å². The van der Waals surface area contributed by atoms with Crippen molar-refractivity contribution in [2.75, 3.05) is 4.55 Å². The summed E-state index contributed by atoms with van der Waals surface area (Å²) in [5.41, 5.74) is 1.23. The van der Waals surface area contributed by atoms with Crippen molar-refractivity contribution >= 4 is 23.5 Å². The molecule has 2 aromatic heterocycles. The molecular formula is C21H17ClIN4O3-. The zero-order valence-electron chi connectivity index (χ0n) is 15.7. The van der Waals surface area contributed by atoms with Gasteiger partial charge in [-0.2, -0.15) is 0 Å². The van der Waals surface area contributed by atoms with Gasteiger partial charge in [-0.1, -0.05) is 0 Å². The van der Waals surface area contributed by atoms with Crippen molar-refractivity contribution in [3.05, 3.63) is 88.6 Å². The van der Waals surface area contributed by atoms with Crippen molar-refractivity contribution in [3.63, 3.8) is 0 Å². The Kier molecular flexibility index (Phi) is 4.90. The number of amides is 3. The van der Waals surface area contributed by atoms with Gasteiger partial charge in [-0.25, -0.2) is 0 Å². The van der Waals surface area contributed by atoms with Crippen molar-refractivity contribution in [1.82, 2.24) is 18.3 Å². The van der Waals surface area contributed by atoms with E-state index in [1.165, 1.54) is 0 Å². The van der Waals surface area contributed by atoms with Gasteiger partial charge in [-0.05, 0) is 0 Å². The molecule has 9 heteroatoms. The van der Waals surface area contributed by atoms with Gasteiger partial charge in [-0.3, -0.25) is 0 Å². The Morgan fingerprint density at radius 3 is 2.83 bits per heavy atom. The van der Waals surface area contributed by atoms with E-state index >= 15 is 0 Å². The summed E-state index contributed by atoms with van der Waals surface area (Å²) in [7, 11) is 0. The van der Waals surface area contributed by atoms with Crippen LogP contribution in [-0.2, 0) is 18.6 Å². The molecule has 1 atom stereocenters. The van der Waals surface area contributed by atoms with Crippen LogP contribution in [0.5, 0.6) is 0 Å². The van der Waals surface area contributed by atoms with Gasteiger partial charge in [0.05, 0.1) is 0 Å². The van der Waals surface area contributed by atoms with Crippen LogP contribution in [0.25, 0.3) is 0 Å². The molecule has 1 saturated heterocycles. The first-order valence-corrected chi connectivity index (χ1v) is 12.2. The van der Waals surface area contributed by atoms with Crippen molar-refractivity contribution in [3.8, 4) is 0 Å². The standard InChI is InChI=1S/C21H17ClIN4O3/c22-15-7-5-14(6-8-15)21-11-18-17(4-1-9-24-18)19(28)26(21)13-23-27(21)20(29)25-12-16-3-2-10-30-16/h1-10H,11-13H2,(H,25,29)/q-1. The number of carbonyl (C=O) groups excluding carboxylic acids is 2. The fourth-order valence-electron chi connectivity index (χ4n) is 3.91. The number of benzene rings is 1. The fraction of sp³-hybridized carbons (Fsp3) is 0.190. The molecule has 0 bridgehead atoms. The average Bonchev–Trinajstić information content (AvgIpc) is 3.41. The molecular weight excluding hydrogens is 519 g/mol. The Labute approximate surface area is 188 Å². The van der Waals surface area contributed by atoms with E-state index in [2.05, 4.69) is 10.3 Å². The molecule has 1 N–H and O–H groups in total. The monoisotopic (exact) mass is 535 g/mol. The molecule has 1 aromatic carbocycles. The van der Waals surface area contributed by atoms with Crippen molar-refractivity contribution in [2.24, 2.45) is 0 Å². The average molecular weight is 536 g/mol. The SMILES string of the molecule is O=C1c2cccnc2CC2(c3ccc(Cl)cc3)N1C[I-]N2C(=O)NCc1ccco1. The van der Waals surface area contributed by atoms with Gasteiger partial charge in [0.25, 0.3) is 0 Å². The second-order valence-corrected chi connectivity index (χ2v) is 9.75. The van der Waals surface area contributed by atoms with Gasteiger partial charge in [0.1, 0.15) is 0 Å². The molecule has 3 amide bonds. The molecule has 2 aliphatic heterocycles. The summed E-state index contributed by atoms with van der Waals surface area (Å²) in [6.07, 6.45) is 3.69. The van der Waals surface area contributed by atoms with E-state index in [-0.39, 0.29) is 18.5 Å². The van der Waals surface area contributed by atoms with E-state index in [0.717, 1.165) is 5.56 Å². The number of nitrogens with zero attached hydrogens (tertiary/aromatic N) is 3. The third kappa shape index (κ3) is 3.05. The molecule has 154 valence electrons. The molecule has 30 heavy (non-hydrogen) atoms. The van der Waals surface area contributed by atoms with E-state index in [0.29, 0.717) is 33.0 Å². The predicted octanol–water partition coefficient (Wildman–Crippen LogP) is 0.366. The molecule has 0 radical (unpaired) electrons. The number of aromatic nitrogens is 1. The van der Waals surface area contributed by atoms with Gasteiger partial charge < -0.3 is 0 Å². The zero-order valence-corrected chi connectivity index (χ0v) is 18.6. The minimum absolute atomic E-state index is 0.0969. The molecule has 0 spiro atoms. The number of furan rings is 1. The second kappa shape index (κ2) is 7.59. The summed E-state index contributed by atoms with van der Waals surface area (Å²) in [6, 6.07) is 14.3. The predicted molar refractivity (Wildman–Crippen MR) is 105 cm³/mol. The Hall–Kier alpha value is -2.59. The van der Waals surface area contributed by atoms with Gasteiger partial charge in [0.15, 0.2) is 0 Å². The van der Waals surface area contributed by atoms with Crippen LogP contribution in [0.4, 0.5) is 4.79 Å². The molecule has 1 unspecified atom stereocenters. The molecule has 2 aliphatic rings. The van der Waals surface area contributed by atoms with E-state index in [1.807, 2.05) is 26.2 Å². The van der Waals surface area contributed by atoms with Crippen LogP contribution >= 0.6 is 11.6 Å². The number of alkyl halides is 1. The van der Waals surface area contributed by atoms with Crippen LogP contribution in [0, 0.1) is 0 Å². The summed E-state index contributed by atoms with van der Waals surface area (Å²) in [5.74, 6) is 0.574. The van der Waals surface area contributed by atoms with Crippen molar-refractivity contribution in [2.45, 2.75) is 18.6 Å². The van der Waals surface area contributed by atoms with Crippen LogP contribution < -0.4 is 26.8 Å². The van der Waals surface area contributed by atoms with Crippen LogP contribution in [0.2, 0.25) is 5.02 Å². The zero-order chi connectivity index (χ0) is 20.7. The van der Waals surface area contributed by atoms with E-state index in [1.54, 1.807) is 42.8 Å². The maximum absolute atomic E-state index is 13.4. The first-order valence-electron chi connectivity index (χ1n) is 9.31. The van der Waals surface area contributed by atoms with Gasteiger partial charge in [0.2, 0.25) is 0 Å². The number of rotatable bonds is 3. The van der Waals surface area contributed by atoms with Crippen molar-refractivity contribution in [1.29, 1.82) is 0 Å². The number of nitrogens with one attached hydrogen (secondary N) is 1. The summed E-state index contributed by atoms with van der Waals surface area (Å²) < 4.78 is 7.70. The number of carbonyl (C=O) groups is 2. The van der Waals surface area contributed by atoms with Gasteiger partial charge in [0, 0.05) is 0 Å². The molecule has 7 nitrogen and oxygen atoms in total. The topological polar surface area (TPSA) is 78.7 Å². The third-order valence-corrected chi connectivity index (χ3v) is 8.48. The first-order chi connectivity index (χ1) is 14.6. The summed E-state index contributed by atoms with van der Waals surface area (Å²) in [6.45, 7) is 0.283. The van der Waals surface area contributed by atoms with Crippen LogP contribution in [0.15, 0.2) is 65.4 Å². The van der Waals surface area contributed by atoms with E-state index in [9.17, 15) is 9.59 Å². The first kappa shape index (κ1) is 19.4. The molecule has 0 saturated carbocycles. The molecule has 4 heterocycles. The number of hydrogen-bond donors (Lipinski definition) is 1. The second-order valence-electron chi connectivity index (χ2n) is 6.99. The Morgan fingerprint density at radius 1 is 1.23 bits per heavy atom. The van der Waals surface area contributed by atoms with Gasteiger partial charge >= 0.3 is 189 Å². The quantitative estimate of drug-likeness (QED) is 0.228. The Balaban J connectivity index is 1.57. The molecule has 1 fully saturated rings. The number of hydrogen-bond acceptors (Lipinski definition) is 4. The Bertz CT molecular complexity index is 1110. The van der Waals surface area contributed by atoms with Crippen molar-refractivity contribution < 1.29 is 35.5 Å². The fourth-order valence-corrected chi connectivity index (χ4v) is 7.27. The number of halogens is 2. The van der Waals surface area contributed by atoms with Gasteiger partial charge in [-0.15, -0.1) is 0 Å². The number of pyridine rings is 1. The molecule has 5 rings (SSSR count). The molecule has 0 aliphatic carbocycles. The minimum atomic E-state index is -0.913. The third-order valence-electron chi connectivity index (χ3n) is 5.32. The summed E-state index contributed by atoms with van der Waals surface area (Å²) in [4.78, 5) is 32.9. The number of urea groups is 1. The normalized spacial score (nSPS) is 20.4. The maximum atomic E-state index is 13.4. The molecule has 3 aromatic rings. The van der Waals surface area contributed by atoms with E-state index in [4.69, 9.17) is 16.0 Å². The summed E-state index contributed by atoms with van der Waals surface area (Å²) >= 11 is 5.35. The van der Waals surface area contributed by atoms with Crippen LogP contribution in [0.3, 0.4) is 0 Å². The number of fused-ring (bicyclic) bond motifs is 2.